The summed E-state index contributed by atoms with van der Waals surface area (Å²) in [4.78, 5) is 3.69. The maximum atomic E-state index is 4.43. The molecule has 3 rings (SSSR count). The lowest BCUT2D eigenvalue weighted by Gasteiger charge is -2.33. The molecule has 2 heteroatoms. The van der Waals surface area contributed by atoms with Gasteiger partial charge in [0.05, 0.1) is 0 Å². The van der Waals surface area contributed by atoms with E-state index in [1.807, 2.05) is 0 Å². The summed E-state index contributed by atoms with van der Waals surface area (Å²) in [6.45, 7) is 13.7. The summed E-state index contributed by atoms with van der Waals surface area (Å²) in [5.41, 5.74) is 6.97. The van der Waals surface area contributed by atoms with Gasteiger partial charge in [0.15, 0.2) is 0 Å². The fraction of sp³-hybridized carbons (Fsp3) is 0.524. The molecule has 1 aromatic carbocycles. The van der Waals surface area contributed by atoms with Crippen LogP contribution in [0.3, 0.4) is 0 Å². The summed E-state index contributed by atoms with van der Waals surface area (Å²) in [6.07, 6.45) is 4.46. The number of rotatable bonds is 4. The molecule has 124 valence electrons. The van der Waals surface area contributed by atoms with Gasteiger partial charge in [-0.25, -0.2) is 0 Å². The van der Waals surface area contributed by atoms with Crippen LogP contribution in [0.2, 0.25) is 0 Å². The van der Waals surface area contributed by atoms with E-state index in [2.05, 4.69) is 69.8 Å². The zero-order valence-corrected chi connectivity index (χ0v) is 15.3. The Kier molecular flexibility index (Phi) is 3.92. The number of nitrogens with one attached hydrogen (secondary N) is 2. The first-order valence-corrected chi connectivity index (χ1v) is 8.82. The predicted molar refractivity (Wildman–Crippen MR) is 101 cm³/mol. The van der Waals surface area contributed by atoms with Gasteiger partial charge in [0.2, 0.25) is 0 Å². The van der Waals surface area contributed by atoms with Crippen molar-refractivity contribution in [1.29, 1.82) is 0 Å². The van der Waals surface area contributed by atoms with Gasteiger partial charge in [-0.1, -0.05) is 45.9 Å². The van der Waals surface area contributed by atoms with Gasteiger partial charge in [0, 0.05) is 27.7 Å². The monoisotopic (exact) mass is 310 g/mol. The number of H-pyrrole nitrogens is 1. The molecule has 23 heavy (non-hydrogen) atoms. The second-order valence-electron chi connectivity index (χ2n) is 8.16. The van der Waals surface area contributed by atoms with Crippen LogP contribution in [0.15, 0.2) is 24.8 Å². The van der Waals surface area contributed by atoms with Crippen LogP contribution in [0.1, 0.15) is 63.8 Å². The van der Waals surface area contributed by atoms with Gasteiger partial charge in [-0.2, -0.15) is 0 Å². The Morgan fingerprint density at radius 3 is 2.70 bits per heavy atom. The summed E-state index contributed by atoms with van der Waals surface area (Å²) >= 11 is 0. The molecule has 0 saturated carbocycles. The first-order valence-electron chi connectivity index (χ1n) is 8.82. The molecule has 1 aliphatic rings. The van der Waals surface area contributed by atoms with Crippen molar-refractivity contribution in [2.45, 2.75) is 58.9 Å². The number of hydrogen-bond acceptors (Lipinski definition) is 1. The fourth-order valence-electron chi connectivity index (χ4n) is 4.39. The second-order valence-corrected chi connectivity index (χ2v) is 8.16. The van der Waals surface area contributed by atoms with E-state index in [0.29, 0.717) is 5.41 Å². The highest BCUT2D eigenvalue weighted by atomic mass is 14.9. The minimum Gasteiger partial charge on any atom is -0.358 e. The average molecular weight is 310 g/mol. The zero-order chi connectivity index (χ0) is 16.8. The van der Waals surface area contributed by atoms with Crippen LogP contribution in [-0.2, 0) is 12.0 Å². The molecule has 1 unspecified atom stereocenters. The van der Waals surface area contributed by atoms with E-state index in [1.54, 1.807) is 0 Å². The third-order valence-corrected chi connectivity index (χ3v) is 5.50. The maximum absolute atomic E-state index is 4.43. The van der Waals surface area contributed by atoms with Gasteiger partial charge >= 0.3 is 0 Å². The van der Waals surface area contributed by atoms with E-state index >= 15 is 0 Å². The first-order chi connectivity index (χ1) is 10.8. The maximum Gasteiger partial charge on any atom is 0.0465 e. The highest BCUT2D eigenvalue weighted by molar-refractivity contribution is 5.97. The molecule has 0 spiro atoms. The summed E-state index contributed by atoms with van der Waals surface area (Å²) < 4.78 is 0. The lowest BCUT2D eigenvalue weighted by atomic mass is 9.73. The van der Waals surface area contributed by atoms with Crippen LogP contribution in [0, 0.1) is 5.41 Å². The molecule has 1 atom stereocenters. The van der Waals surface area contributed by atoms with Crippen molar-refractivity contribution >= 4 is 16.5 Å². The number of aromatic amines is 1. The molecular weight excluding hydrogens is 280 g/mol. The van der Waals surface area contributed by atoms with Gasteiger partial charge in [0.1, 0.15) is 0 Å². The quantitative estimate of drug-likeness (QED) is 0.778. The van der Waals surface area contributed by atoms with Crippen molar-refractivity contribution in [3.63, 3.8) is 0 Å². The molecule has 1 heterocycles. The van der Waals surface area contributed by atoms with Gasteiger partial charge in [0.25, 0.3) is 0 Å². The van der Waals surface area contributed by atoms with Crippen LogP contribution in [0.4, 0.5) is 0 Å². The molecule has 0 radical (unpaired) electrons. The highest BCUT2D eigenvalue weighted by Crippen LogP contribution is 2.46. The lowest BCUT2D eigenvalue weighted by molar-refractivity contribution is 0.361. The Morgan fingerprint density at radius 2 is 2.04 bits per heavy atom. The largest absolute Gasteiger partial charge is 0.358 e. The molecule has 0 amide bonds. The highest BCUT2D eigenvalue weighted by Gasteiger charge is 2.33. The number of benzene rings is 1. The Balaban J connectivity index is 2.27. The molecule has 2 N–H and O–H groups in total. The molecular formula is C21H30N2. The van der Waals surface area contributed by atoms with Crippen LogP contribution in [0.25, 0.3) is 16.5 Å². The third kappa shape index (κ3) is 2.63. The van der Waals surface area contributed by atoms with E-state index in [4.69, 9.17) is 0 Å². The average Bonchev–Trinajstić information content (AvgIpc) is 2.83. The Morgan fingerprint density at radius 1 is 1.30 bits per heavy atom. The smallest absolute Gasteiger partial charge is 0.0465 e. The number of fused-ring (bicyclic) bond motifs is 3. The van der Waals surface area contributed by atoms with Crippen molar-refractivity contribution in [2.75, 3.05) is 7.05 Å². The molecule has 0 saturated heterocycles. The van der Waals surface area contributed by atoms with Crippen molar-refractivity contribution in [3.8, 4) is 0 Å². The second kappa shape index (κ2) is 5.52. The van der Waals surface area contributed by atoms with Crippen LogP contribution in [0.5, 0.6) is 0 Å². The molecule has 0 aliphatic heterocycles. The normalized spacial score (nSPS) is 19.6. The summed E-state index contributed by atoms with van der Waals surface area (Å²) in [7, 11) is 2.07. The molecule has 1 aromatic heterocycles. The van der Waals surface area contributed by atoms with Crippen molar-refractivity contribution < 1.29 is 0 Å². The van der Waals surface area contributed by atoms with Gasteiger partial charge < -0.3 is 10.3 Å². The van der Waals surface area contributed by atoms with Crippen molar-refractivity contribution in [1.82, 2.24) is 10.3 Å². The fourth-order valence-corrected chi connectivity index (χ4v) is 4.39. The summed E-state index contributed by atoms with van der Waals surface area (Å²) in [5, 5.41) is 4.95. The van der Waals surface area contributed by atoms with E-state index in [0.717, 1.165) is 25.7 Å². The topological polar surface area (TPSA) is 27.8 Å². The van der Waals surface area contributed by atoms with E-state index in [1.165, 1.54) is 33.3 Å². The molecule has 0 fully saturated rings. The molecule has 1 aliphatic carbocycles. The van der Waals surface area contributed by atoms with Crippen molar-refractivity contribution in [2.24, 2.45) is 5.41 Å². The Hall–Kier alpha value is -1.54. The molecule has 2 aromatic rings. The van der Waals surface area contributed by atoms with Crippen molar-refractivity contribution in [3.05, 3.63) is 41.6 Å². The Labute approximate surface area is 140 Å². The SMILES string of the molecule is C=C1CC(C)(C)Cc2[nH]c3cccc(C(C)(CCC)NC)c3c21. The first kappa shape index (κ1) is 16.3. The van der Waals surface area contributed by atoms with E-state index in [9.17, 15) is 0 Å². The van der Waals surface area contributed by atoms with Gasteiger partial charge in [-0.15, -0.1) is 0 Å². The van der Waals surface area contributed by atoms with Crippen LogP contribution in [-0.4, -0.2) is 12.0 Å². The predicted octanol–water partition coefficient (Wildman–Crippen LogP) is 5.39. The third-order valence-electron chi connectivity index (χ3n) is 5.50. The van der Waals surface area contributed by atoms with Gasteiger partial charge in [-0.3, -0.25) is 0 Å². The van der Waals surface area contributed by atoms with E-state index in [-0.39, 0.29) is 5.54 Å². The van der Waals surface area contributed by atoms with Crippen LogP contribution >= 0.6 is 0 Å². The Bertz CT molecular complexity index is 751. The van der Waals surface area contributed by atoms with Gasteiger partial charge in [-0.05, 0) is 55.9 Å². The van der Waals surface area contributed by atoms with Crippen LogP contribution < -0.4 is 5.32 Å². The molecule has 0 bridgehead atoms. The minimum atomic E-state index is -0.00251. The number of hydrogen-bond donors (Lipinski definition) is 2. The standard InChI is InChI=1S/C21H30N2/c1-7-11-21(5,22-6)15-9-8-10-16-19(15)18-14(2)12-20(3,4)13-17(18)23-16/h8-10,22-23H,2,7,11-13H2,1,3-6H3. The lowest BCUT2D eigenvalue weighted by Crippen LogP contribution is -2.36. The summed E-state index contributed by atoms with van der Waals surface area (Å²) in [6, 6.07) is 6.67. The minimum absolute atomic E-state index is 0.00251. The number of aromatic nitrogens is 1. The number of allylic oxidation sites excluding steroid dienone is 1. The molecule has 2 nitrogen and oxygen atoms in total. The van der Waals surface area contributed by atoms with E-state index < -0.39 is 0 Å². The zero-order valence-electron chi connectivity index (χ0n) is 15.3. The summed E-state index contributed by atoms with van der Waals surface area (Å²) in [5.74, 6) is 0.